The molecule has 1 rings (SSSR count). The second-order valence-electron chi connectivity index (χ2n) is 2.84. The molecule has 0 aliphatic heterocycles. The average Bonchev–Trinajstić information content (AvgIpc) is 1.90. The lowest BCUT2D eigenvalue weighted by Crippen LogP contribution is -1.78. The zero-order valence-corrected chi connectivity index (χ0v) is 6.72. The fourth-order valence-electron chi connectivity index (χ4n) is 0.997. The Morgan fingerprint density at radius 1 is 1.20 bits per heavy atom. The Bertz CT molecular complexity index is 192. The van der Waals surface area contributed by atoms with Gasteiger partial charge in [-0.25, -0.2) is 0 Å². The second kappa shape index (κ2) is 3.40. The average molecular weight is 134 g/mol. The lowest BCUT2D eigenvalue weighted by molar-refractivity contribution is 1.14. The summed E-state index contributed by atoms with van der Waals surface area (Å²) in [7, 11) is 0. The second-order valence-corrected chi connectivity index (χ2v) is 2.84. The van der Waals surface area contributed by atoms with Crippen LogP contribution in [-0.4, -0.2) is 0 Å². The van der Waals surface area contributed by atoms with E-state index in [2.05, 4.69) is 38.2 Å². The molecule has 0 unspecified atom stereocenters. The van der Waals surface area contributed by atoms with Crippen LogP contribution in [0.5, 0.6) is 0 Å². The van der Waals surface area contributed by atoms with Crippen LogP contribution in [0.2, 0.25) is 0 Å². The maximum Gasteiger partial charge on any atom is -0.0136 e. The third-order valence-corrected chi connectivity index (χ3v) is 1.73. The van der Waals surface area contributed by atoms with Crippen LogP contribution in [0.15, 0.2) is 35.5 Å². The van der Waals surface area contributed by atoms with E-state index in [9.17, 15) is 0 Å². The molecule has 0 fully saturated rings. The summed E-state index contributed by atoms with van der Waals surface area (Å²) in [4.78, 5) is 0. The molecule has 0 saturated heterocycles. The predicted octanol–water partition coefficient (Wildman–Crippen LogP) is 3.23. The Kier molecular flexibility index (Phi) is 2.49. The molecule has 54 valence electrons. The van der Waals surface area contributed by atoms with Crippen LogP contribution in [-0.2, 0) is 0 Å². The Labute approximate surface area is 62.9 Å². The smallest absolute Gasteiger partial charge is 0.0136 e. The lowest BCUT2D eigenvalue weighted by atomic mass is 10.1. The van der Waals surface area contributed by atoms with E-state index < -0.39 is 0 Å². The highest BCUT2D eigenvalue weighted by Crippen LogP contribution is 2.10. The molecule has 0 N–H and O–H groups in total. The highest BCUT2D eigenvalue weighted by Gasteiger charge is 1.89. The maximum absolute atomic E-state index is 2.28. The highest BCUT2D eigenvalue weighted by molar-refractivity contribution is 5.22. The van der Waals surface area contributed by atoms with Crippen LogP contribution < -0.4 is 0 Å². The Hall–Kier alpha value is -0.780. The largest absolute Gasteiger partial charge is 0.0815 e. The van der Waals surface area contributed by atoms with Gasteiger partial charge in [0.15, 0.2) is 0 Å². The van der Waals surface area contributed by atoms with Gasteiger partial charge in [-0.3, -0.25) is 0 Å². The zero-order chi connectivity index (χ0) is 7.40. The quantitative estimate of drug-likeness (QED) is 0.446. The first-order chi connectivity index (χ1) is 4.79. The fourth-order valence-corrected chi connectivity index (χ4v) is 0.997. The lowest BCUT2D eigenvalue weighted by Gasteiger charge is -1.99. The summed E-state index contributed by atoms with van der Waals surface area (Å²) in [6, 6.07) is 0. The molecule has 0 nitrogen and oxygen atoms in total. The van der Waals surface area contributed by atoms with E-state index in [0.717, 1.165) is 12.8 Å². The summed E-state index contributed by atoms with van der Waals surface area (Å²) in [6.07, 6.45) is 11.1. The van der Waals surface area contributed by atoms with Gasteiger partial charge in [0.1, 0.15) is 0 Å². The summed E-state index contributed by atoms with van der Waals surface area (Å²) in [6.45, 7) is 4.33. The van der Waals surface area contributed by atoms with Crippen molar-refractivity contribution in [2.45, 2.75) is 26.7 Å². The first-order valence-corrected chi connectivity index (χ1v) is 3.78. The van der Waals surface area contributed by atoms with Crippen LogP contribution in [0.1, 0.15) is 26.7 Å². The molecule has 0 atom stereocenters. The van der Waals surface area contributed by atoms with Crippen molar-refractivity contribution in [2.75, 3.05) is 0 Å². The van der Waals surface area contributed by atoms with Gasteiger partial charge in [0.2, 0.25) is 0 Å². The van der Waals surface area contributed by atoms with Crippen LogP contribution in [0.25, 0.3) is 0 Å². The summed E-state index contributed by atoms with van der Waals surface area (Å²) < 4.78 is 0. The summed E-state index contributed by atoms with van der Waals surface area (Å²) in [5, 5.41) is 0. The van der Waals surface area contributed by atoms with Gasteiger partial charge in [0.05, 0.1) is 0 Å². The SMILES string of the molecule is CC1=CCC(C)=CCC=C1. The molecule has 0 aromatic carbocycles. The minimum atomic E-state index is 1.09. The minimum Gasteiger partial charge on any atom is -0.0815 e. The van der Waals surface area contributed by atoms with Gasteiger partial charge in [0, 0.05) is 0 Å². The summed E-state index contributed by atoms with van der Waals surface area (Å²) >= 11 is 0. The van der Waals surface area contributed by atoms with Gasteiger partial charge < -0.3 is 0 Å². The van der Waals surface area contributed by atoms with Crippen molar-refractivity contribution < 1.29 is 0 Å². The molecular formula is C10H14. The summed E-state index contributed by atoms with van der Waals surface area (Å²) in [5.74, 6) is 0. The molecule has 0 spiro atoms. The third-order valence-electron chi connectivity index (χ3n) is 1.73. The topological polar surface area (TPSA) is 0 Å². The molecule has 0 aromatic rings. The number of allylic oxidation sites excluding steroid dienone is 6. The maximum atomic E-state index is 2.28. The van der Waals surface area contributed by atoms with Crippen LogP contribution in [0.4, 0.5) is 0 Å². The fraction of sp³-hybridized carbons (Fsp3) is 0.400. The minimum absolute atomic E-state index is 1.09. The number of hydrogen-bond acceptors (Lipinski definition) is 0. The van der Waals surface area contributed by atoms with Gasteiger partial charge in [0.25, 0.3) is 0 Å². The van der Waals surface area contributed by atoms with Crippen LogP contribution in [0.3, 0.4) is 0 Å². The highest BCUT2D eigenvalue weighted by atomic mass is 14.0. The van der Waals surface area contributed by atoms with Crippen LogP contribution >= 0.6 is 0 Å². The monoisotopic (exact) mass is 134 g/mol. The summed E-state index contributed by atoms with van der Waals surface area (Å²) in [5.41, 5.74) is 2.86. The molecule has 0 saturated carbocycles. The van der Waals surface area contributed by atoms with Gasteiger partial charge in [-0.15, -0.1) is 0 Å². The van der Waals surface area contributed by atoms with E-state index >= 15 is 0 Å². The van der Waals surface area contributed by atoms with Crippen molar-refractivity contribution >= 4 is 0 Å². The molecule has 0 bridgehead atoms. The van der Waals surface area contributed by atoms with Crippen molar-refractivity contribution in [2.24, 2.45) is 0 Å². The molecule has 1 aliphatic carbocycles. The molecule has 0 aromatic heterocycles. The molecule has 0 heterocycles. The van der Waals surface area contributed by atoms with E-state index in [0.29, 0.717) is 0 Å². The van der Waals surface area contributed by atoms with E-state index in [4.69, 9.17) is 0 Å². The van der Waals surface area contributed by atoms with Crippen molar-refractivity contribution in [3.8, 4) is 0 Å². The third kappa shape index (κ3) is 2.22. The number of hydrogen-bond donors (Lipinski definition) is 0. The van der Waals surface area contributed by atoms with E-state index in [1.54, 1.807) is 0 Å². The molecule has 0 amide bonds. The van der Waals surface area contributed by atoms with E-state index in [1.165, 1.54) is 11.1 Å². The molecule has 10 heavy (non-hydrogen) atoms. The van der Waals surface area contributed by atoms with Crippen molar-refractivity contribution in [1.29, 1.82) is 0 Å². The van der Waals surface area contributed by atoms with Crippen molar-refractivity contribution in [3.63, 3.8) is 0 Å². The van der Waals surface area contributed by atoms with Gasteiger partial charge in [-0.05, 0) is 26.7 Å². The zero-order valence-electron chi connectivity index (χ0n) is 6.72. The van der Waals surface area contributed by atoms with E-state index in [-0.39, 0.29) is 0 Å². The van der Waals surface area contributed by atoms with Crippen LogP contribution in [0, 0.1) is 0 Å². The van der Waals surface area contributed by atoms with Gasteiger partial charge >= 0.3 is 0 Å². The molecular weight excluding hydrogens is 120 g/mol. The molecule has 0 radical (unpaired) electrons. The Balaban J connectivity index is 2.71. The first kappa shape index (κ1) is 7.33. The predicted molar refractivity (Wildman–Crippen MR) is 45.9 cm³/mol. The molecule has 1 aliphatic rings. The standard InChI is InChI=1S/C10H14/c1-9-5-3-4-6-10(2)8-7-9/h3,5-7H,4,8H2,1-2H3. The van der Waals surface area contributed by atoms with Crippen molar-refractivity contribution in [3.05, 3.63) is 35.5 Å². The Morgan fingerprint density at radius 2 is 2.00 bits per heavy atom. The first-order valence-electron chi connectivity index (χ1n) is 3.78. The number of rotatable bonds is 0. The molecule has 0 heteroatoms. The Morgan fingerprint density at radius 3 is 2.80 bits per heavy atom. The normalized spacial score (nSPS) is 19.0. The van der Waals surface area contributed by atoms with Gasteiger partial charge in [-0.1, -0.05) is 35.5 Å². The van der Waals surface area contributed by atoms with E-state index in [1.807, 2.05) is 0 Å². The van der Waals surface area contributed by atoms with Crippen molar-refractivity contribution in [1.82, 2.24) is 0 Å². The van der Waals surface area contributed by atoms with Gasteiger partial charge in [-0.2, -0.15) is 0 Å².